The van der Waals surface area contributed by atoms with Crippen LogP contribution in [-0.2, 0) is 4.79 Å². The van der Waals surface area contributed by atoms with Gasteiger partial charge in [-0.1, -0.05) is 20.8 Å². The summed E-state index contributed by atoms with van der Waals surface area (Å²) in [5.74, 6) is -0.203. The standard InChI is InChI=1S/C6H11NO2.C2H6/c1-4-2-5(6(8)9)7-3-4;1-2/h4-5,7H,2-3H2,1H3,(H,8,9);1-2H3/t4?,5-;/m0./s1. The molecule has 1 unspecified atom stereocenters. The Labute approximate surface area is 67.8 Å². The minimum Gasteiger partial charge on any atom is -0.480 e. The number of carboxylic acids is 1. The van der Waals surface area contributed by atoms with E-state index in [1.807, 2.05) is 13.8 Å². The second-order valence-electron chi connectivity index (χ2n) is 2.64. The summed E-state index contributed by atoms with van der Waals surface area (Å²) < 4.78 is 0. The third-order valence-corrected chi connectivity index (χ3v) is 1.65. The first-order valence-electron chi connectivity index (χ1n) is 4.16. The van der Waals surface area contributed by atoms with E-state index in [1.165, 1.54) is 0 Å². The van der Waals surface area contributed by atoms with Crippen molar-refractivity contribution < 1.29 is 9.90 Å². The molecule has 0 bridgehead atoms. The number of carboxylic acid groups (broad SMARTS) is 1. The molecule has 3 heteroatoms. The summed E-state index contributed by atoms with van der Waals surface area (Å²) in [6.45, 7) is 6.90. The monoisotopic (exact) mass is 159 g/mol. The van der Waals surface area contributed by atoms with Gasteiger partial charge in [-0.3, -0.25) is 4.79 Å². The minimum atomic E-state index is -0.723. The van der Waals surface area contributed by atoms with Gasteiger partial charge in [0.25, 0.3) is 0 Å². The molecular formula is C8H17NO2. The Morgan fingerprint density at radius 1 is 1.55 bits per heavy atom. The summed E-state index contributed by atoms with van der Waals surface area (Å²) in [4.78, 5) is 10.3. The fourth-order valence-corrected chi connectivity index (χ4v) is 1.10. The van der Waals surface area contributed by atoms with Crippen molar-refractivity contribution in [3.05, 3.63) is 0 Å². The van der Waals surface area contributed by atoms with Crippen LogP contribution in [0.3, 0.4) is 0 Å². The van der Waals surface area contributed by atoms with Crippen molar-refractivity contribution in [2.24, 2.45) is 5.92 Å². The van der Waals surface area contributed by atoms with Gasteiger partial charge in [0.1, 0.15) is 6.04 Å². The molecule has 1 rings (SSSR count). The molecule has 1 aliphatic heterocycles. The van der Waals surface area contributed by atoms with Crippen molar-refractivity contribution in [1.29, 1.82) is 0 Å². The number of aliphatic carboxylic acids is 1. The van der Waals surface area contributed by atoms with Crippen LogP contribution in [-0.4, -0.2) is 23.7 Å². The normalized spacial score (nSPS) is 29.0. The van der Waals surface area contributed by atoms with Gasteiger partial charge in [0.2, 0.25) is 0 Å². The van der Waals surface area contributed by atoms with Gasteiger partial charge in [-0.2, -0.15) is 0 Å². The molecule has 0 saturated carbocycles. The third kappa shape index (κ3) is 3.37. The number of hydrogen-bond donors (Lipinski definition) is 2. The largest absolute Gasteiger partial charge is 0.480 e. The second kappa shape index (κ2) is 5.13. The maximum Gasteiger partial charge on any atom is 0.320 e. The predicted molar refractivity (Wildman–Crippen MR) is 44.6 cm³/mol. The van der Waals surface area contributed by atoms with Crippen LogP contribution in [0, 0.1) is 5.92 Å². The van der Waals surface area contributed by atoms with E-state index >= 15 is 0 Å². The molecule has 1 fully saturated rings. The summed E-state index contributed by atoms with van der Waals surface area (Å²) in [7, 11) is 0. The molecule has 11 heavy (non-hydrogen) atoms. The molecule has 0 spiro atoms. The van der Waals surface area contributed by atoms with Crippen LogP contribution in [0.15, 0.2) is 0 Å². The van der Waals surface area contributed by atoms with Crippen LogP contribution in [0.4, 0.5) is 0 Å². The average molecular weight is 159 g/mol. The summed E-state index contributed by atoms with van der Waals surface area (Å²) >= 11 is 0. The van der Waals surface area contributed by atoms with Crippen molar-refractivity contribution in [2.75, 3.05) is 6.54 Å². The Morgan fingerprint density at radius 2 is 2.09 bits per heavy atom. The zero-order chi connectivity index (χ0) is 8.85. The highest BCUT2D eigenvalue weighted by Gasteiger charge is 2.25. The van der Waals surface area contributed by atoms with Crippen LogP contribution in [0.25, 0.3) is 0 Å². The van der Waals surface area contributed by atoms with Crippen molar-refractivity contribution >= 4 is 5.97 Å². The molecule has 0 amide bonds. The highest BCUT2D eigenvalue weighted by atomic mass is 16.4. The molecule has 1 aliphatic rings. The lowest BCUT2D eigenvalue weighted by atomic mass is 10.1. The lowest BCUT2D eigenvalue weighted by molar-refractivity contribution is -0.139. The van der Waals surface area contributed by atoms with Gasteiger partial charge in [0.15, 0.2) is 0 Å². The quantitative estimate of drug-likeness (QED) is 0.602. The van der Waals surface area contributed by atoms with E-state index in [1.54, 1.807) is 0 Å². The van der Waals surface area contributed by atoms with Crippen LogP contribution in [0.2, 0.25) is 0 Å². The molecule has 66 valence electrons. The summed E-state index contributed by atoms with van der Waals surface area (Å²) in [5.41, 5.74) is 0. The lowest BCUT2D eigenvalue weighted by Gasteiger charge is -2.00. The maximum atomic E-state index is 10.3. The summed E-state index contributed by atoms with van der Waals surface area (Å²) in [5, 5.41) is 11.4. The van der Waals surface area contributed by atoms with Gasteiger partial charge in [0.05, 0.1) is 0 Å². The van der Waals surface area contributed by atoms with E-state index in [0.717, 1.165) is 13.0 Å². The van der Waals surface area contributed by atoms with E-state index in [2.05, 4.69) is 12.2 Å². The zero-order valence-electron chi connectivity index (χ0n) is 7.42. The fraction of sp³-hybridized carbons (Fsp3) is 0.875. The SMILES string of the molecule is CC.CC1CN[C@H](C(=O)O)C1. The van der Waals surface area contributed by atoms with E-state index in [4.69, 9.17) is 5.11 Å². The van der Waals surface area contributed by atoms with Crippen molar-refractivity contribution in [1.82, 2.24) is 5.32 Å². The molecular weight excluding hydrogens is 142 g/mol. The van der Waals surface area contributed by atoms with Crippen molar-refractivity contribution in [2.45, 2.75) is 33.2 Å². The smallest absolute Gasteiger partial charge is 0.320 e. The molecule has 2 atom stereocenters. The van der Waals surface area contributed by atoms with Gasteiger partial charge in [-0.05, 0) is 18.9 Å². The van der Waals surface area contributed by atoms with Gasteiger partial charge >= 0.3 is 5.97 Å². The van der Waals surface area contributed by atoms with Crippen LogP contribution < -0.4 is 5.32 Å². The van der Waals surface area contributed by atoms with Crippen LogP contribution >= 0.6 is 0 Å². The first-order valence-corrected chi connectivity index (χ1v) is 4.16. The van der Waals surface area contributed by atoms with Gasteiger partial charge in [0, 0.05) is 0 Å². The molecule has 0 aliphatic carbocycles. The molecule has 1 heterocycles. The number of rotatable bonds is 1. The molecule has 0 aromatic carbocycles. The zero-order valence-corrected chi connectivity index (χ0v) is 7.42. The molecule has 3 nitrogen and oxygen atoms in total. The Hall–Kier alpha value is -0.570. The molecule has 0 aromatic rings. The molecule has 0 radical (unpaired) electrons. The van der Waals surface area contributed by atoms with Gasteiger partial charge in [-0.25, -0.2) is 0 Å². The predicted octanol–water partition coefficient (Wildman–Crippen LogP) is 1.10. The molecule has 0 aromatic heterocycles. The number of carbonyl (C=O) groups is 1. The fourth-order valence-electron chi connectivity index (χ4n) is 1.10. The Bertz CT molecular complexity index is 125. The lowest BCUT2D eigenvalue weighted by Crippen LogP contribution is -2.29. The number of hydrogen-bond acceptors (Lipinski definition) is 2. The number of nitrogens with one attached hydrogen (secondary N) is 1. The van der Waals surface area contributed by atoms with Gasteiger partial charge < -0.3 is 10.4 Å². The van der Waals surface area contributed by atoms with Gasteiger partial charge in [-0.15, -0.1) is 0 Å². The van der Waals surface area contributed by atoms with E-state index in [9.17, 15) is 4.79 Å². The van der Waals surface area contributed by atoms with E-state index < -0.39 is 5.97 Å². The second-order valence-corrected chi connectivity index (χ2v) is 2.64. The minimum absolute atomic E-state index is 0.292. The first kappa shape index (κ1) is 10.4. The third-order valence-electron chi connectivity index (χ3n) is 1.65. The Kier molecular flexibility index (Phi) is 4.86. The first-order chi connectivity index (χ1) is 5.20. The van der Waals surface area contributed by atoms with Crippen molar-refractivity contribution in [3.63, 3.8) is 0 Å². The summed E-state index contributed by atoms with van der Waals surface area (Å²) in [6, 6.07) is -0.292. The average Bonchev–Trinajstić information content (AvgIpc) is 2.40. The maximum absolute atomic E-state index is 10.3. The molecule has 1 saturated heterocycles. The highest BCUT2D eigenvalue weighted by Crippen LogP contribution is 2.11. The Morgan fingerprint density at radius 3 is 2.27 bits per heavy atom. The Balaban J connectivity index is 0.000000461. The topological polar surface area (TPSA) is 49.3 Å². The summed E-state index contributed by atoms with van der Waals surface area (Å²) in [6.07, 6.45) is 0.773. The molecule has 2 N–H and O–H groups in total. The van der Waals surface area contributed by atoms with E-state index in [-0.39, 0.29) is 6.04 Å². The van der Waals surface area contributed by atoms with E-state index in [0.29, 0.717) is 5.92 Å². The van der Waals surface area contributed by atoms with Crippen LogP contribution in [0.1, 0.15) is 27.2 Å². The highest BCUT2D eigenvalue weighted by molar-refractivity contribution is 5.73. The van der Waals surface area contributed by atoms with Crippen LogP contribution in [0.5, 0.6) is 0 Å². The van der Waals surface area contributed by atoms with Crippen molar-refractivity contribution in [3.8, 4) is 0 Å².